The van der Waals surface area contributed by atoms with Gasteiger partial charge in [-0.15, -0.1) is 0 Å². The molecule has 4 aliphatic rings. The Morgan fingerprint density at radius 3 is 2.47 bits per heavy atom. The maximum absolute atomic E-state index is 2.66. The quantitative estimate of drug-likeness (QED) is 0.325. The molecule has 15 heavy (non-hydrogen) atoms. The molecule has 3 nitrogen and oxygen atoms in total. The van der Waals surface area contributed by atoms with Crippen molar-refractivity contribution in [2.24, 2.45) is 0 Å². The second-order valence-corrected chi connectivity index (χ2v) is 7.14. The van der Waals surface area contributed by atoms with Crippen molar-refractivity contribution in [3.63, 3.8) is 0 Å². The van der Waals surface area contributed by atoms with Crippen LogP contribution in [0.4, 0.5) is 0 Å². The highest BCUT2D eigenvalue weighted by Gasteiger charge is 2.48. The second-order valence-electron chi connectivity index (χ2n) is 4.95. The molecule has 0 saturated carbocycles. The van der Waals surface area contributed by atoms with E-state index in [1.165, 1.54) is 49.9 Å². The summed E-state index contributed by atoms with van der Waals surface area (Å²) < 4.78 is 1.33. The molecule has 4 heterocycles. The Labute approximate surface area is 99.5 Å². The number of rotatable bonds is 2. The van der Waals surface area contributed by atoms with Gasteiger partial charge >= 0.3 is 0 Å². The Morgan fingerprint density at radius 1 is 1.27 bits per heavy atom. The van der Waals surface area contributed by atoms with Crippen LogP contribution in [0.15, 0.2) is 12.2 Å². The van der Waals surface area contributed by atoms with Crippen LogP contribution in [0.2, 0.25) is 0 Å². The molecule has 0 aromatic rings. The van der Waals surface area contributed by atoms with Crippen LogP contribution in [0.5, 0.6) is 0 Å². The van der Waals surface area contributed by atoms with Gasteiger partial charge in [0.25, 0.3) is 0 Å². The van der Waals surface area contributed by atoms with Crippen LogP contribution in [0, 0.1) is 0 Å². The average Bonchev–Trinajstić information content (AvgIpc) is 2.12. The molecule has 0 N–H and O–H groups in total. The minimum Gasteiger partial charge on any atom is -1.00 e. The normalized spacial score (nSPS) is 47.1. The molecule has 0 radical (unpaired) electrons. The minimum atomic E-state index is 0. The number of nitrogens with zero attached hydrogens (tertiary/aromatic N) is 3. The molecule has 4 saturated heterocycles. The fraction of sp³-hybridized carbons (Fsp3) is 0.800. The molecule has 0 aromatic carbocycles. The van der Waals surface area contributed by atoms with Crippen LogP contribution in [-0.2, 0) is 0 Å². The fourth-order valence-corrected chi connectivity index (χ4v) is 6.06. The van der Waals surface area contributed by atoms with E-state index in [2.05, 4.69) is 28.9 Å². The third kappa shape index (κ3) is 2.09. The lowest BCUT2D eigenvalue weighted by Gasteiger charge is -2.59. The summed E-state index contributed by atoms with van der Waals surface area (Å²) in [5.41, 5.74) is 0. The molecule has 4 rings (SSSR count). The second kappa shape index (κ2) is 4.31. The van der Waals surface area contributed by atoms with Crippen molar-refractivity contribution in [1.82, 2.24) is 9.80 Å². The van der Waals surface area contributed by atoms with Gasteiger partial charge in [0.15, 0.2) is 0 Å². The molecular weight excluding hydrogens is 229 g/mol. The smallest absolute Gasteiger partial charge is 0.137 e. The van der Waals surface area contributed by atoms with E-state index >= 15 is 0 Å². The molecule has 5 heteroatoms. The Balaban J connectivity index is 0.000000853. The van der Waals surface area contributed by atoms with E-state index < -0.39 is 0 Å². The van der Waals surface area contributed by atoms with E-state index in [9.17, 15) is 0 Å². The van der Waals surface area contributed by atoms with Gasteiger partial charge in [0.2, 0.25) is 0 Å². The summed E-state index contributed by atoms with van der Waals surface area (Å²) in [6.45, 7) is 7.24. The Morgan fingerprint density at radius 2 is 1.93 bits per heavy atom. The summed E-state index contributed by atoms with van der Waals surface area (Å²) in [7, 11) is 0.313. The summed E-state index contributed by atoms with van der Waals surface area (Å²) in [4.78, 5) is 5.32. The average molecular weight is 248 g/mol. The van der Waals surface area contributed by atoms with E-state index in [1.807, 2.05) is 0 Å². The fourth-order valence-electron chi connectivity index (χ4n) is 3.16. The van der Waals surface area contributed by atoms with Crippen LogP contribution in [0.1, 0.15) is 6.92 Å². The maximum atomic E-state index is 2.66. The summed E-state index contributed by atoms with van der Waals surface area (Å²) >= 11 is 0. The van der Waals surface area contributed by atoms with Crippen LogP contribution in [0.25, 0.3) is 0 Å². The topological polar surface area (TPSA) is 6.48 Å². The van der Waals surface area contributed by atoms with Crippen molar-refractivity contribution in [3.05, 3.63) is 12.2 Å². The van der Waals surface area contributed by atoms with E-state index in [4.69, 9.17) is 0 Å². The van der Waals surface area contributed by atoms with Crippen molar-refractivity contribution in [2.75, 3.05) is 45.4 Å². The van der Waals surface area contributed by atoms with Crippen molar-refractivity contribution >= 4 is 7.92 Å². The lowest BCUT2D eigenvalue weighted by molar-refractivity contribution is -0.943. The van der Waals surface area contributed by atoms with Crippen molar-refractivity contribution in [2.45, 2.75) is 6.92 Å². The zero-order chi connectivity index (χ0) is 9.60. The van der Waals surface area contributed by atoms with Crippen LogP contribution in [0.3, 0.4) is 0 Å². The van der Waals surface area contributed by atoms with Crippen molar-refractivity contribution < 1.29 is 16.9 Å². The van der Waals surface area contributed by atoms with Gasteiger partial charge in [-0.1, -0.05) is 6.08 Å². The highest BCUT2D eigenvalue weighted by Crippen LogP contribution is 2.50. The number of hydrogen-bond donors (Lipinski definition) is 0. The molecule has 4 aliphatic heterocycles. The largest absolute Gasteiger partial charge is 1.00 e. The van der Waals surface area contributed by atoms with Crippen molar-refractivity contribution in [3.8, 4) is 0 Å². The number of quaternary nitrogens is 1. The predicted octanol–water partition coefficient (Wildman–Crippen LogP) is -1.74. The molecular formula is C10H19ClN3P. The standard InChI is InChI=1S/C10H19N3P.ClH/c1-2-3-4-13-6-11-5-12(7-13)9-14(8-11)10-13;/h2-3H,4-10H2,1H3;1H/q+1;/p-1/b3-2+;. The SMILES string of the molecule is C/C=C/C[N+]12CN3CN(CP(C3)C1)C2.[Cl-]. The van der Waals surface area contributed by atoms with Gasteiger partial charge in [-0.3, -0.25) is 4.48 Å². The van der Waals surface area contributed by atoms with Crippen LogP contribution >= 0.6 is 7.92 Å². The van der Waals surface area contributed by atoms with Gasteiger partial charge in [-0.05, 0) is 20.9 Å². The van der Waals surface area contributed by atoms with Gasteiger partial charge in [-0.25, -0.2) is 9.80 Å². The zero-order valence-electron chi connectivity index (χ0n) is 9.27. The molecule has 2 atom stereocenters. The van der Waals surface area contributed by atoms with E-state index in [1.54, 1.807) is 0 Å². The van der Waals surface area contributed by atoms with Crippen molar-refractivity contribution in [1.29, 1.82) is 0 Å². The van der Waals surface area contributed by atoms with Crippen LogP contribution in [-0.4, -0.2) is 59.7 Å². The van der Waals surface area contributed by atoms with Gasteiger partial charge in [-0.2, -0.15) is 0 Å². The monoisotopic (exact) mass is 247 g/mol. The lowest BCUT2D eigenvalue weighted by Crippen LogP contribution is -3.00. The first kappa shape index (κ1) is 11.8. The Hall–Kier alpha value is 0.340. The summed E-state index contributed by atoms with van der Waals surface area (Å²) in [6, 6.07) is 0. The van der Waals surface area contributed by atoms with Gasteiger partial charge < -0.3 is 12.4 Å². The third-order valence-corrected chi connectivity index (χ3v) is 6.03. The predicted molar refractivity (Wildman–Crippen MR) is 59.7 cm³/mol. The van der Waals surface area contributed by atoms with E-state index in [0.29, 0.717) is 7.92 Å². The third-order valence-electron chi connectivity index (χ3n) is 3.43. The first-order valence-electron chi connectivity index (χ1n) is 5.43. The molecule has 2 unspecified atom stereocenters. The number of hydrogen-bond acceptors (Lipinski definition) is 2. The molecule has 4 fully saturated rings. The first-order valence-corrected chi connectivity index (χ1v) is 7.33. The highest BCUT2D eigenvalue weighted by atomic mass is 35.5. The Kier molecular flexibility index (Phi) is 3.39. The van der Waals surface area contributed by atoms with Gasteiger partial charge in [0.1, 0.15) is 19.6 Å². The maximum Gasteiger partial charge on any atom is 0.137 e. The molecule has 0 aromatic heterocycles. The molecule has 0 spiro atoms. The summed E-state index contributed by atoms with van der Waals surface area (Å²) in [5.74, 6) is 0. The molecule has 4 bridgehead atoms. The van der Waals surface area contributed by atoms with E-state index in [0.717, 1.165) is 0 Å². The zero-order valence-corrected chi connectivity index (χ0v) is 10.9. The van der Waals surface area contributed by atoms with Gasteiger partial charge in [0, 0.05) is 12.6 Å². The van der Waals surface area contributed by atoms with Gasteiger partial charge in [0.05, 0.1) is 13.2 Å². The summed E-state index contributed by atoms with van der Waals surface area (Å²) in [6.07, 6.45) is 8.87. The Bertz CT molecular complexity index is 234. The molecule has 0 aliphatic carbocycles. The highest BCUT2D eigenvalue weighted by molar-refractivity contribution is 7.57. The number of allylic oxidation sites excluding steroid dienone is 1. The molecule has 0 amide bonds. The first-order chi connectivity index (χ1) is 6.80. The lowest BCUT2D eigenvalue weighted by atomic mass is 10.3. The van der Waals surface area contributed by atoms with Crippen LogP contribution < -0.4 is 12.4 Å². The van der Waals surface area contributed by atoms with E-state index in [-0.39, 0.29) is 12.4 Å². The minimum absolute atomic E-state index is 0. The summed E-state index contributed by atoms with van der Waals surface area (Å²) in [5, 5.41) is 0. The number of halogens is 1. The molecule has 86 valence electrons.